The zero-order valence-corrected chi connectivity index (χ0v) is 35.0. The molecule has 5 aliphatic heterocycles. The third kappa shape index (κ3) is 8.33. The van der Waals surface area contributed by atoms with Crippen LogP contribution in [0.25, 0.3) is 10.9 Å². The number of halogens is 2. The fourth-order valence-corrected chi connectivity index (χ4v) is 9.62. The Morgan fingerprint density at radius 3 is 2.31 bits per heavy atom. The van der Waals surface area contributed by atoms with Crippen LogP contribution in [-0.2, 0) is 27.3 Å². The lowest BCUT2D eigenvalue weighted by molar-refractivity contribution is -0.136. The van der Waals surface area contributed by atoms with Crippen molar-refractivity contribution in [1.29, 1.82) is 0 Å². The van der Waals surface area contributed by atoms with E-state index in [4.69, 9.17) is 4.74 Å². The summed E-state index contributed by atoms with van der Waals surface area (Å²) in [7, 11) is 0. The molecule has 6 heterocycles. The minimum atomic E-state index is -0.991. The number of piperidine rings is 1. The zero-order chi connectivity index (χ0) is 44.1. The van der Waals surface area contributed by atoms with Crippen LogP contribution in [0.2, 0.25) is 0 Å². The summed E-state index contributed by atoms with van der Waals surface area (Å²) in [6.07, 6.45) is 2.14. The Hall–Kier alpha value is -6.56. The third-order valence-corrected chi connectivity index (χ3v) is 13.1. The number of carbonyl (C=O) groups excluding carboxylic acids is 5. The number of aromatic nitrogens is 2. The Bertz CT molecular complexity index is 2670. The lowest BCUT2D eigenvalue weighted by atomic mass is 10.0. The second-order valence-electron chi connectivity index (χ2n) is 17.3. The Morgan fingerprint density at radius 2 is 1.55 bits per heavy atom. The fourth-order valence-electron chi connectivity index (χ4n) is 9.62. The molecule has 1 unspecified atom stereocenters. The van der Waals surface area contributed by atoms with E-state index in [-0.39, 0.29) is 30.4 Å². The second kappa shape index (κ2) is 17.2. The first-order valence-electron chi connectivity index (χ1n) is 21.8. The number of ether oxygens (including phenoxy) is 1. The number of fused-ring (bicyclic) bond motifs is 2. The second-order valence-corrected chi connectivity index (χ2v) is 17.3. The highest BCUT2D eigenvalue weighted by atomic mass is 19.1. The van der Waals surface area contributed by atoms with Crippen molar-refractivity contribution in [1.82, 2.24) is 30.2 Å². The number of nitrogens with zero attached hydrogens (tertiary/aromatic N) is 5. The quantitative estimate of drug-likeness (QED) is 0.136. The van der Waals surface area contributed by atoms with E-state index >= 15 is 0 Å². The number of H-pyrrole nitrogens is 1. The van der Waals surface area contributed by atoms with Gasteiger partial charge in [-0.1, -0.05) is 12.1 Å². The Morgan fingerprint density at radius 1 is 0.797 bits per heavy atom. The third-order valence-electron chi connectivity index (χ3n) is 13.1. The highest BCUT2D eigenvalue weighted by molar-refractivity contribution is 6.23. The van der Waals surface area contributed by atoms with Crippen molar-refractivity contribution in [2.45, 2.75) is 56.8 Å². The molecule has 0 aliphatic carbocycles. The average Bonchev–Trinajstić information content (AvgIpc) is 3.77. The molecule has 4 fully saturated rings. The molecular formula is C47H47F2N9O6. The van der Waals surface area contributed by atoms with Crippen molar-refractivity contribution in [2.24, 2.45) is 0 Å². The van der Waals surface area contributed by atoms with Crippen LogP contribution in [0.4, 0.5) is 26.0 Å². The monoisotopic (exact) mass is 871 g/mol. The topological polar surface area (TPSA) is 172 Å². The summed E-state index contributed by atoms with van der Waals surface area (Å²) >= 11 is 0. The van der Waals surface area contributed by atoms with Gasteiger partial charge in [0.05, 0.1) is 22.2 Å². The Kier molecular flexibility index (Phi) is 11.1. The summed E-state index contributed by atoms with van der Waals surface area (Å²) in [4.78, 5) is 72.8. The number of carbonyl (C=O) groups is 5. The number of imide groups is 2. The molecule has 0 bridgehead atoms. The number of anilines is 3. The van der Waals surface area contributed by atoms with E-state index in [1.807, 2.05) is 36.4 Å². The van der Waals surface area contributed by atoms with Crippen LogP contribution in [0.5, 0.6) is 0 Å². The SMILES string of the molecule is O=C1CCC(N2C(=O)c3ccc(CN4CC(N5CCN(c6ccc(C(=O)Nc7n[nH]c8ccc(Cc9cc(F)cc(F)c9)cc78)c(NC7CCOCC7)c6)CC5)C4)cc3C2=O)C(=O)N1. The van der Waals surface area contributed by atoms with E-state index in [0.717, 1.165) is 85.6 Å². The lowest BCUT2D eigenvalue weighted by Crippen LogP contribution is -2.62. The predicted octanol–water partition coefficient (Wildman–Crippen LogP) is 4.68. The lowest BCUT2D eigenvalue weighted by Gasteiger charge is -2.48. The van der Waals surface area contributed by atoms with Gasteiger partial charge in [0, 0.05) is 100 Å². The van der Waals surface area contributed by atoms with Gasteiger partial charge in [-0.25, -0.2) is 8.78 Å². The van der Waals surface area contributed by atoms with Gasteiger partial charge >= 0.3 is 0 Å². The first-order chi connectivity index (χ1) is 31.0. The fraction of sp³-hybridized carbons (Fsp3) is 0.362. The maximum atomic E-state index is 14.0. The van der Waals surface area contributed by atoms with Crippen LogP contribution < -0.4 is 20.9 Å². The first-order valence-corrected chi connectivity index (χ1v) is 21.8. The van der Waals surface area contributed by atoms with Gasteiger partial charge in [0.2, 0.25) is 11.8 Å². The van der Waals surface area contributed by atoms with Crippen LogP contribution in [0.15, 0.2) is 72.8 Å². The minimum absolute atomic E-state index is 0.0765. The van der Waals surface area contributed by atoms with Crippen LogP contribution >= 0.6 is 0 Å². The maximum absolute atomic E-state index is 14.0. The molecule has 1 aromatic heterocycles. The van der Waals surface area contributed by atoms with Gasteiger partial charge < -0.3 is 20.3 Å². The van der Waals surface area contributed by atoms with Crippen molar-refractivity contribution < 1.29 is 37.5 Å². The molecule has 1 atom stereocenters. The van der Waals surface area contributed by atoms with Crippen LogP contribution in [-0.4, -0.2) is 125 Å². The van der Waals surface area contributed by atoms with Crippen molar-refractivity contribution >= 4 is 57.6 Å². The normalized spacial score (nSPS) is 20.1. The molecule has 5 amide bonds. The molecule has 64 heavy (non-hydrogen) atoms. The number of aromatic amines is 1. The smallest absolute Gasteiger partial charge is 0.262 e. The minimum Gasteiger partial charge on any atom is -0.381 e. The summed E-state index contributed by atoms with van der Waals surface area (Å²) in [5.74, 6) is -3.27. The molecule has 15 nitrogen and oxygen atoms in total. The molecule has 17 heteroatoms. The van der Waals surface area contributed by atoms with Crippen LogP contribution in [0.1, 0.15) is 73.4 Å². The van der Waals surface area contributed by atoms with E-state index in [1.165, 1.54) is 12.1 Å². The summed E-state index contributed by atoms with van der Waals surface area (Å²) < 4.78 is 33.4. The summed E-state index contributed by atoms with van der Waals surface area (Å²) in [5.41, 5.74) is 5.74. The molecule has 4 N–H and O–H groups in total. The number of nitrogens with one attached hydrogen (secondary N) is 4. The Balaban J connectivity index is 0.766. The number of rotatable bonds is 11. The molecule has 5 aliphatic rings. The van der Waals surface area contributed by atoms with E-state index in [0.29, 0.717) is 65.6 Å². The van der Waals surface area contributed by atoms with Gasteiger partial charge in [0.15, 0.2) is 5.82 Å². The van der Waals surface area contributed by atoms with Crippen molar-refractivity contribution in [3.05, 3.63) is 118 Å². The van der Waals surface area contributed by atoms with Gasteiger partial charge in [-0.3, -0.25) is 49.1 Å². The van der Waals surface area contributed by atoms with Gasteiger partial charge in [0.25, 0.3) is 17.7 Å². The van der Waals surface area contributed by atoms with Gasteiger partial charge in [-0.05, 0) is 97.0 Å². The van der Waals surface area contributed by atoms with Gasteiger partial charge in [-0.2, -0.15) is 5.10 Å². The molecule has 10 rings (SSSR count). The van der Waals surface area contributed by atoms with Crippen molar-refractivity contribution in [3.8, 4) is 0 Å². The number of benzene rings is 4. The van der Waals surface area contributed by atoms with Crippen LogP contribution in [0.3, 0.4) is 0 Å². The molecule has 0 saturated carbocycles. The maximum Gasteiger partial charge on any atom is 0.262 e. The molecule has 0 spiro atoms. The standard InChI is InChI=1S/C47H47F2N9O6/c48-30-18-29(19-31(49)22-30)17-27-2-6-39-38(20-27)43(54-53-39)52-44(60)36-5-3-33(23-40(36)50-32-9-15-64-16-10-32)56-11-13-57(14-12-56)34-25-55(26-34)24-28-1-4-35-37(21-28)47(63)58(46(35)62)41-7-8-42(59)51-45(41)61/h1-6,18-23,32,34,41,50H,7-17,24-26H2,(H,51,59,61)(H2,52,53,54,60). The molecule has 330 valence electrons. The molecule has 4 aromatic carbocycles. The molecule has 4 saturated heterocycles. The zero-order valence-electron chi connectivity index (χ0n) is 35.0. The van der Waals surface area contributed by atoms with E-state index in [9.17, 15) is 32.8 Å². The van der Waals surface area contributed by atoms with Crippen molar-refractivity contribution in [3.63, 3.8) is 0 Å². The van der Waals surface area contributed by atoms with E-state index < -0.39 is 41.3 Å². The predicted molar refractivity (Wildman–Crippen MR) is 233 cm³/mol. The van der Waals surface area contributed by atoms with Crippen LogP contribution in [0, 0.1) is 11.6 Å². The number of amides is 5. The van der Waals surface area contributed by atoms with Gasteiger partial charge in [-0.15, -0.1) is 0 Å². The largest absolute Gasteiger partial charge is 0.381 e. The summed E-state index contributed by atoms with van der Waals surface area (Å²) in [5, 5.41) is 16.9. The highest BCUT2D eigenvalue weighted by Crippen LogP contribution is 2.32. The molecular weight excluding hydrogens is 825 g/mol. The number of hydrogen-bond acceptors (Lipinski definition) is 11. The summed E-state index contributed by atoms with van der Waals surface area (Å²) in [6.45, 7) is 7.02. The van der Waals surface area contributed by atoms with E-state index in [1.54, 1.807) is 12.1 Å². The number of likely N-dealkylation sites (tertiary alicyclic amines) is 1. The molecule has 0 radical (unpaired) electrons. The summed E-state index contributed by atoms with van der Waals surface area (Å²) in [6, 6.07) is 19.8. The van der Waals surface area contributed by atoms with E-state index in [2.05, 4.69) is 46.9 Å². The Labute approximate surface area is 367 Å². The number of piperazine rings is 1. The number of hydrogen-bond donors (Lipinski definition) is 4. The molecule has 5 aromatic rings. The van der Waals surface area contributed by atoms with Gasteiger partial charge in [0.1, 0.15) is 17.7 Å². The first kappa shape index (κ1) is 41.5. The average molecular weight is 872 g/mol. The highest BCUT2D eigenvalue weighted by Gasteiger charge is 2.45. The van der Waals surface area contributed by atoms with Crippen molar-refractivity contribution in [2.75, 3.05) is 68.0 Å².